The highest BCUT2D eigenvalue weighted by molar-refractivity contribution is 5.94. The molecule has 0 aliphatic heterocycles. The number of H-pyrrole nitrogens is 1. The summed E-state index contributed by atoms with van der Waals surface area (Å²) in [5.41, 5.74) is 12.8. The van der Waals surface area contributed by atoms with Crippen LogP contribution in [0.2, 0.25) is 0 Å². The number of imidazole rings is 1. The lowest BCUT2D eigenvalue weighted by Crippen LogP contribution is -2.58. The second-order valence-corrected chi connectivity index (χ2v) is 10.0. The monoisotopic (exact) mass is 543 g/mol. The number of aromatic amines is 1. The minimum absolute atomic E-state index is 0.0379. The summed E-state index contributed by atoms with van der Waals surface area (Å²) < 4.78 is 0. The van der Waals surface area contributed by atoms with Gasteiger partial charge in [0.25, 0.3) is 0 Å². The quantitative estimate of drug-likeness (QED) is 0.137. The van der Waals surface area contributed by atoms with Crippen molar-refractivity contribution < 1.29 is 24.3 Å². The Kier molecular flexibility index (Phi) is 13.1. The minimum Gasteiger partial charge on any atom is -0.480 e. The van der Waals surface area contributed by atoms with Crippen LogP contribution in [0.25, 0.3) is 0 Å². The lowest BCUT2D eigenvalue weighted by atomic mass is 10.0. The summed E-state index contributed by atoms with van der Waals surface area (Å²) in [5.74, 6) is -2.85. The number of carboxylic acid groups (broad SMARTS) is 1. The number of aromatic nitrogens is 2. The maximum absolute atomic E-state index is 13.3. The van der Waals surface area contributed by atoms with Crippen LogP contribution >= 0.6 is 0 Å². The molecule has 9 N–H and O–H groups in total. The van der Waals surface area contributed by atoms with Gasteiger partial charge in [0, 0.05) is 24.7 Å². The molecule has 0 fully saturated rings. The van der Waals surface area contributed by atoms with Gasteiger partial charge in [-0.3, -0.25) is 14.4 Å². The number of benzene rings is 1. The molecule has 2 aromatic rings. The molecular formula is C27H41N7O5. The zero-order chi connectivity index (χ0) is 28.8. The van der Waals surface area contributed by atoms with Crippen LogP contribution in [0, 0.1) is 5.92 Å². The van der Waals surface area contributed by atoms with Gasteiger partial charge in [-0.1, -0.05) is 50.6 Å². The molecule has 4 atom stereocenters. The smallest absolute Gasteiger partial charge is 0.326 e. The summed E-state index contributed by atoms with van der Waals surface area (Å²) >= 11 is 0. The Morgan fingerprint density at radius 3 is 2.15 bits per heavy atom. The normalized spacial score (nSPS) is 14.2. The second kappa shape index (κ2) is 16.2. The predicted octanol–water partition coefficient (Wildman–Crippen LogP) is 0.236. The first-order chi connectivity index (χ1) is 18.6. The van der Waals surface area contributed by atoms with Crippen LogP contribution in [0.15, 0.2) is 42.9 Å². The number of nitrogens with zero attached hydrogens (tertiary/aromatic N) is 1. The zero-order valence-corrected chi connectivity index (χ0v) is 22.6. The largest absolute Gasteiger partial charge is 0.480 e. The summed E-state index contributed by atoms with van der Waals surface area (Å²) in [6, 6.07) is 4.85. The van der Waals surface area contributed by atoms with E-state index < -0.39 is 47.9 Å². The van der Waals surface area contributed by atoms with E-state index in [0.717, 1.165) is 12.0 Å². The van der Waals surface area contributed by atoms with Crippen LogP contribution < -0.4 is 27.4 Å². The third-order valence-electron chi connectivity index (χ3n) is 6.16. The lowest BCUT2D eigenvalue weighted by molar-refractivity contribution is -0.142. The van der Waals surface area contributed by atoms with Crippen molar-refractivity contribution in [1.29, 1.82) is 0 Å². The Labute approximate surface area is 228 Å². The van der Waals surface area contributed by atoms with Crippen LogP contribution in [0.1, 0.15) is 50.8 Å². The average Bonchev–Trinajstić information content (AvgIpc) is 3.41. The number of rotatable bonds is 17. The Morgan fingerprint density at radius 1 is 0.923 bits per heavy atom. The van der Waals surface area contributed by atoms with Gasteiger partial charge in [0.1, 0.15) is 18.1 Å². The van der Waals surface area contributed by atoms with E-state index in [1.54, 1.807) is 24.3 Å². The molecule has 1 aromatic heterocycles. The fraction of sp³-hybridized carbons (Fsp3) is 0.519. The number of carbonyl (C=O) groups excluding carboxylic acids is 3. The van der Waals surface area contributed by atoms with E-state index in [0.29, 0.717) is 31.5 Å². The third-order valence-corrected chi connectivity index (χ3v) is 6.16. The summed E-state index contributed by atoms with van der Waals surface area (Å²) in [4.78, 5) is 58.1. The van der Waals surface area contributed by atoms with Crippen LogP contribution in [-0.2, 0) is 32.0 Å². The van der Waals surface area contributed by atoms with Crippen LogP contribution in [0.4, 0.5) is 0 Å². The molecule has 0 aliphatic carbocycles. The van der Waals surface area contributed by atoms with E-state index >= 15 is 0 Å². The highest BCUT2D eigenvalue weighted by Crippen LogP contribution is 2.09. The molecule has 39 heavy (non-hydrogen) atoms. The number of amides is 3. The Balaban J connectivity index is 2.17. The van der Waals surface area contributed by atoms with E-state index in [1.165, 1.54) is 12.5 Å². The van der Waals surface area contributed by atoms with E-state index in [-0.39, 0.29) is 18.8 Å². The molecule has 2 rings (SSSR count). The SMILES string of the molecule is CC(C)CC(NC(=O)C(N)CCCCN)C(=O)NC(Cc1cnc[nH]1)C(=O)NC(Cc1ccccc1)C(=O)O. The first-order valence-corrected chi connectivity index (χ1v) is 13.2. The van der Waals surface area contributed by atoms with Gasteiger partial charge in [0.2, 0.25) is 17.7 Å². The number of unbranched alkanes of at least 4 members (excludes halogenated alkanes) is 1. The van der Waals surface area contributed by atoms with Gasteiger partial charge in [0.15, 0.2) is 0 Å². The maximum atomic E-state index is 13.3. The van der Waals surface area contributed by atoms with Crippen molar-refractivity contribution in [2.75, 3.05) is 6.54 Å². The molecular weight excluding hydrogens is 502 g/mol. The molecule has 214 valence electrons. The third kappa shape index (κ3) is 11.2. The maximum Gasteiger partial charge on any atom is 0.326 e. The molecule has 0 radical (unpaired) electrons. The number of carbonyl (C=O) groups is 4. The Bertz CT molecular complexity index is 1050. The van der Waals surface area contributed by atoms with Crippen molar-refractivity contribution in [3.8, 4) is 0 Å². The molecule has 0 saturated carbocycles. The Morgan fingerprint density at radius 2 is 1.56 bits per heavy atom. The minimum atomic E-state index is -1.21. The zero-order valence-electron chi connectivity index (χ0n) is 22.6. The van der Waals surface area contributed by atoms with E-state index in [9.17, 15) is 24.3 Å². The molecule has 3 amide bonds. The van der Waals surface area contributed by atoms with Crippen LogP contribution in [0.3, 0.4) is 0 Å². The summed E-state index contributed by atoms with van der Waals surface area (Å²) in [7, 11) is 0. The molecule has 0 aliphatic rings. The van der Waals surface area contributed by atoms with Gasteiger partial charge in [-0.2, -0.15) is 0 Å². The average molecular weight is 544 g/mol. The van der Waals surface area contributed by atoms with Crippen molar-refractivity contribution in [2.45, 2.75) is 76.5 Å². The molecule has 12 nitrogen and oxygen atoms in total. The fourth-order valence-electron chi connectivity index (χ4n) is 4.04. The number of carboxylic acids is 1. The van der Waals surface area contributed by atoms with Crippen LogP contribution in [0.5, 0.6) is 0 Å². The highest BCUT2D eigenvalue weighted by atomic mass is 16.4. The van der Waals surface area contributed by atoms with E-state index in [4.69, 9.17) is 11.5 Å². The molecule has 0 spiro atoms. The molecule has 1 heterocycles. The molecule has 4 unspecified atom stereocenters. The van der Waals surface area contributed by atoms with Gasteiger partial charge in [-0.05, 0) is 37.3 Å². The molecule has 0 saturated heterocycles. The van der Waals surface area contributed by atoms with Gasteiger partial charge < -0.3 is 37.5 Å². The van der Waals surface area contributed by atoms with Gasteiger partial charge >= 0.3 is 5.97 Å². The van der Waals surface area contributed by atoms with Crippen molar-refractivity contribution >= 4 is 23.7 Å². The summed E-state index contributed by atoms with van der Waals surface area (Å²) in [5, 5.41) is 17.7. The highest BCUT2D eigenvalue weighted by Gasteiger charge is 2.31. The molecule has 12 heteroatoms. The number of nitrogens with one attached hydrogen (secondary N) is 4. The topological polar surface area (TPSA) is 205 Å². The lowest BCUT2D eigenvalue weighted by Gasteiger charge is -2.26. The first kappa shape index (κ1) is 31.4. The van der Waals surface area contributed by atoms with Gasteiger partial charge in [-0.25, -0.2) is 9.78 Å². The molecule has 1 aromatic carbocycles. The van der Waals surface area contributed by atoms with Gasteiger partial charge in [-0.15, -0.1) is 0 Å². The van der Waals surface area contributed by atoms with Crippen molar-refractivity contribution in [3.63, 3.8) is 0 Å². The van der Waals surface area contributed by atoms with Crippen molar-refractivity contribution in [1.82, 2.24) is 25.9 Å². The van der Waals surface area contributed by atoms with E-state index in [2.05, 4.69) is 25.9 Å². The summed E-state index contributed by atoms with van der Waals surface area (Å²) in [6.07, 6.45) is 5.24. The Hall–Kier alpha value is -3.77. The fourth-order valence-corrected chi connectivity index (χ4v) is 4.04. The number of aliphatic carboxylic acids is 1. The van der Waals surface area contributed by atoms with Crippen LogP contribution in [-0.4, -0.2) is 69.5 Å². The predicted molar refractivity (Wildman–Crippen MR) is 146 cm³/mol. The number of hydrogen-bond acceptors (Lipinski definition) is 7. The standard InChI is InChI=1S/C27H41N7O5/c1-17(2)12-21(32-24(35)20(29)10-6-7-11-28)25(36)33-22(14-19-15-30-16-31-19)26(37)34-23(27(38)39)13-18-8-4-3-5-9-18/h3-5,8-9,15-17,20-23H,6-7,10-14,28-29H2,1-2H3,(H,30,31)(H,32,35)(H,33,36)(H,34,37)(H,38,39). The second-order valence-electron chi connectivity index (χ2n) is 10.0. The van der Waals surface area contributed by atoms with Crippen molar-refractivity contribution in [3.05, 3.63) is 54.1 Å². The van der Waals surface area contributed by atoms with E-state index in [1.807, 2.05) is 19.9 Å². The summed E-state index contributed by atoms with van der Waals surface area (Å²) in [6.45, 7) is 4.31. The number of nitrogens with two attached hydrogens (primary N) is 2. The first-order valence-electron chi connectivity index (χ1n) is 13.2. The number of hydrogen-bond donors (Lipinski definition) is 7. The molecule has 0 bridgehead atoms. The van der Waals surface area contributed by atoms with Crippen molar-refractivity contribution in [2.24, 2.45) is 17.4 Å². The van der Waals surface area contributed by atoms with Gasteiger partial charge in [0.05, 0.1) is 12.4 Å².